The van der Waals surface area contributed by atoms with Crippen LogP contribution in [0.4, 0.5) is 0 Å². The van der Waals surface area contributed by atoms with E-state index in [4.69, 9.17) is 5.73 Å². The van der Waals surface area contributed by atoms with Crippen LogP contribution in [0, 0.1) is 6.92 Å². The minimum Gasteiger partial charge on any atom is -0.328 e. The molecule has 0 bridgehead atoms. The van der Waals surface area contributed by atoms with Gasteiger partial charge in [0.15, 0.2) is 5.65 Å². The van der Waals surface area contributed by atoms with Crippen molar-refractivity contribution in [2.24, 2.45) is 5.73 Å². The van der Waals surface area contributed by atoms with Crippen molar-refractivity contribution in [3.8, 4) is 0 Å². The standard InChI is InChI=1S/C14H21N5/c1-10-6-14-17-8-11(9-19(14)18-10)7-16-13-4-2-12(15)3-5-13/h6,8-9,12-13,16H,2-5,7,15H2,1H3. The monoisotopic (exact) mass is 259 g/mol. The van der Waals surface area contributed by atoms with E-state index in [1.54, 1.807) is 0 Å². The van der Waals surface area contributed by atoms with E-state index in [0.29, 0.717) is 12.1 Å². The molecule has 0 atom stereocenters. The first-order valence-corrected chi connectivity index (χ1v) is 7.00. The van der Waals surface area contributed by atoms with Crippen LogP contribution in [0.15, 0.2) is 18.5 Å². The van der Waals surface area contributed by atoms with Crippen molar-refractivity contribution in [1.82, 2.24) is 19.9 Å². The summed E-state index contributed by atoms with van der Waals surface area (Å²) in [7, 11) is 0. The molecule has 0 amide bonds. The highest BCUT2D eigenvalue weighted by molar-refractivity contribution is 5.38. The highest BCUT2D eigenvalue weighted by Gasteiger charge is 2.17. The summed E-state index contributed by atoms with van der Waals surface area (Å²) in [5.41, 5.74) is 9.00. The number of aryl methyl sites for hydroxylation is 1. The van der Waals surface area contributed by atoms with Gasteiger partial charge in [0.25, 0.3) is 0 Å². The van der Waals surface area contributed by atoms with Crippen LogP contribution < -0.4 is 11.1 Å². The fourth-order valence-electron chi connectivity index (χ4n) is 2.71. The van der Waals surface area contributed by atoms with Crippen molar-refractivity contribution in [2.75, 3.05) is 0 Å². The van der Waals surface area contributed by atoms with Crippen LogP contribution in [0.2, 0.25) is 0 Å². The van der Waals surface area contributed by atoms with Gasteiger partial charge in [-0.1, -0.05) is 0 Å². The van der Waals surface area contributed by atoms with E-state index in [2.05, 4.69) is 21.6 Å². The molecular formula is C14H21N5. The van der Waals surface area contributed by atoms with Gasteiger partial charge in [0.2, 0.25) is 0 Å². The average Bonchev–Trinajstić information content (AvgIpc) is 2.77. The van der Waals surface area contributed by atoms with Crippen LogP contribution in [-0.2, 0) is 6.54 Å². The van der Waals surface area contributed by atoms with Crippen LogP contribution in [0.1, 0.15) is 36.9 Å². The van der Waals surface area contributed by atoms with E-state index in [0.717, 1.165) is 30.7 Å². The molecule has 0 aliphatic heterocycles. The molecule has 1 aliphatic carbocycles. The molecule has 2 aromatic heterocycles. The molecule has 0 unspecified atom stereocenters. The van der Waals surface area contributed by atoms with Crippen LogP contribution >= 0.6 is 0 Å². The van der Waals surface area contributed by atoms with Crippen molar-refractivity contribution in [3.63, 3.8) is 0 Å². The number of nitrogens with zero attached hydrogens (tertiary/aromatic N) is 3. The Kier molecular flexibility index (Phi) is 3.48. The summed E-state index contributed by atoms with van der Waals surface area (Å²) >= 11 is 0. The fraction of sp³-hybridized carbons (Fsp3) is 0.571. The lowest BCUT2D eigenvalue weighted by Crippen LogP contribution is -2.37. The first-order valence-electron chi connectivity index (χ1n) is 7.00. The third-order valence-electron chi connectivity index (χ3n) is 3.86. The van der Waals surface area contributed by atoms with Gasteiger partial charge in [0.1, 0.15) is 0 Å². The summed E-state index contributed by atoms with van der Waals surface area (Å²) in [6, 6.07) is 2.98. The molecule has 102 valence electrons. The molecule has 1 fully saturated rings. The third kappa shape index (κ3) is 2.93. The second kappa shape index (κ2) is 5.27. The SMILES string of the molecule is Cc1cc2ncc(CNC3CCC(N)CC3)cn2n1. The lowest BCUT2D eigenvalue weighted by Gasteiger charge is -2.26. The molecule has 2 aromatic rings. The first-order chi connectivity index (χ1) is 9.20. The molecule has 5 nitrogen and oxygen atoms in total. The van der Waals surface area contributed by atoms with Gasteiger partial charge in [0, 0.05) is 42.7 Å². The van der Waals surface area contributed by atoms with Crippen LogP contribution in [0.25, 0.3) is 5.65 Å². The van der Waals surface area contributed by atoms with Crippen LogP contribution in [0.5, 0.6) is 0 Å². The minimum absolute atomic E-state index is 0.406. The van der Waals surface area contributed by atoms with Gasteiger partial charge in [-0.05, 0) is 32.6 Å². The number of nitrogens with one attached hydrogen (secondary N) is 1. The quantitative estimate of drug-likeness (QED) is 0.874. The fourth-order valence-corrected chi connectivity index (χ4v) is 2.71. The number of fused-ring (bicyclic) bond motifs is 1. The largest absolute Gasteiger partial charge is 0.328 e. The van der Waals surface area contributed by atoms with E-state index >= 15 is 0 Å². The predicted molar refractivity (Wildman–Crippen MR) is 74.8 cm³/mol. The van der Waals surface area contributed by atoms with Gasteiger partial charge in [-0.25, -0.2) is 9.50 Å². The van der Waals surface area contributed by atoms with E-state index in [-0.39, 0.29) is 0 Å². The Morgan fingerprint density at radius 2 is 2.16 bits per heavy atom. The molecule has 0 aromatic carbocycles. The number of hydrogen-bond donors (Lipinski definition) is 2. The van der Waals surface area contributed by atoms with E-state index in [9.17, 15) is 0 Å². The van der Waals surface area contributed by atoms with Gasteiger partial charge in [-0.3, -0.25) is 0 Å². The van der Waals surface area contributed by atoms with Crippen molar-refractivity contribution in [3.05, 3.63) is 29.7 Å². The Morgan fingerprint density at radius 3 is 2.95 bits per heavy atom. The molecule has 3 rings (SSSR count). The lowest BCUT2D eigenvalue weighted by atomic mass is 9.92. The van der Waals surface area contributed by atoms with Crippen molar-refractivity contribution in [2.45, 2.75) is 51.2 Å². The predicted octanol–water partition coefficient (Wildman–Crippen LogP) is 1.40. The van der Waals surface area contributed by atoms with Crippen molar-refractivity contribution < 1.29 is 0 Å². The summed E-state index contributed by atoms with van der Waals surface area (Å²) in [4.78, 5) is 4.42. The maximum atomic E-state index is 5.92. The Bertz CT molecular complexity index is 554. The first kappa shape index (κ1) is 12.6. The van der Waals surface area contributed by atoms with Crippen molar-refractivity contribution in [1.29, 1.82) is 0 Å². The second-order valence-corrected chi connectivity index (χ2v) is 5.54. The number of aromatic nitrogens is 3. The van der Waals surface area contributed by atoms with Gasteiger partial charge >= 0.3 is 0 Å². The normalized spacial score (nSPS) is 23.9. The molecule has 2 heterocycles. The van der Waals surface area contributed by atoms with Gasteiger partial charge in [-0.2, -0.15) is 5.10 Å². The zero-order valence-electron chi connectivity index (χ0n) is 11.3. The molecule has 0 radical (unpaired) electrons. The van der Waals surface area contributed by atoms with Gasteiger partial charge < -0.3 is 11.1 Å². The van der Waals surface area contributed by atoms with E-state index in [1.165, 1.54) is 18.4 Å². The Morgan fingerprint density at radius 1 is 1.37 bits per heavy atom. The summed E-state index contributed by atoms with van der Waals surface area (Å²) in [5.74, 6) is 0. The van der Waals surface area contributed by atoms with Gasteiger partial charge in [0.05, 0.1) is 5.69 Å². The topological polar surface area (TPSA) is 68.2 Å². The van der Waals surface area contributed by atoms with Crippen LogP contribution in [-0.4, -0.2) is 26.7 Å². The third-order valence-corrected chi connectivity index (χ3v) is 3.86. The lowest BCUT2D eigenvalue weighted by molar-refractivity contribution is 0.341. The smallest absolute Gasteiger partial charge is 0.155 e. The summed E-state index contributed by atoms with van der Waals surface area (Å²) in [5, 5.41) is 7.98. The zero-order chi connectivity index (χ0) is 13.2. The molecule has 19 heavy (non-hydrogen) atoms. The molecule has 0 spiro atoms. The summed E-state index contributed by atoms with van der Waals surface area (Å²) in [6.45, 7) is 2.83. The number of nitrogens with two attached hydrogens (primary N) is 1. The van der Waals surface area contributed by atoms with E-state index in [1.807, 2.05) is 23.7 Å². The Labute approximate surface area is 113 Å². The maximum Gasteiger partial charge on any atom is 0.155 e. The zero-order valence-corrected chi connectivity index (χ0v) is 11.3. The second-order valence-electron chi connectivity index (χ2n) is 5.54. The molecule has 0 saturated heterocycles. The highest BCUT2D eigenvalue weighted by Crippen LogP contribution is 2.17. The number of hydrogen-bond acceptors (Lipinski definition) is 4. The average molecular weight is 259 g/mol. The molecule has 3 N–H and O–H groups in total. The van der Waals surface area contributed by atoms with E-state index < -0.39 is 0 Å². The summed E-state index contributed by atoms with van der Waals surface area (Å²) in [6.07, 6.45) is 8.60. The Balaban J connectivity index is 1.61. The molecule has 1 aliphatic rings. The maximum absolute atomic E-state index is 5.92. The molecule has 1 saturated carbocycles. The van der Waals surface area contributed by atoms with Gasteiger partial charge in [-0.15, -0.1) is 0 Å². The minimum atomic E-state index is 0.406. The Hall–Kier alpha value is -1.46. The number of rotatable bonds is 3. The van der Waals surface area contributed by atoms with Crippen LogP contribution in [0.3, 0.4) is 0 Å². The summed E-state index contributed by atoms with van der Waals surface area (Å²) < 4.78 is 1.85. The molecular weight excluding hydrogens is 238 g/mol. The highest BCUT2D eigenvalue weighted by atomic mass is 15.2. The van der Waals surface area contributed by atoms with Crippen molar-refractivity contribution >= 4 is 5.65 Å². The molecule has 5 heteroatoms.